The average Bonchev–Trinajstić information content (AvgIpc) is 3.36. The lowest BCUT2D eigenvalue weighted by Gasteiger charge is -2.20. The first-order chi connectivity index (χ1) is 14.7. The lowest BCUT2D eigenvalue weighted by Crippen LogP contribution is -2.28. The summed E-state index contributed by atoms with van der Waals surface area (Å²) >= 11 is 0. The number of para-hydroxylation sites is 2. The number of fused-ring (bicyclic) bond motifs is 1. The summed E-state index contributed by atoms with van der Waals surface area (Å²) in [5, 5.41) is 0. The van der Waals surface area contributed by atoms with Gasteiger partial charge in [0.2, 0.25) is 24.1 Å². The van der Waals surface area contributed by atoms with E-state index in [4.69, 9.17) is 37.9 Å². The summed E-state index contributed by atoms with van der Waals surface area (Å²) in [5.74, 6) is 3.39. The van der Waals surface area contributed by atoms with E-state index in [1.807, 2.05) is 36.4 Å². The van der Waals surface area contributed by atoms with Gasteiger partial charge in [0.25, 0.3) is 0 Å². The van der Waals surface area contributed by atoms with Gasteiger partial charge in [-0.3, -0.25) is 0 Å². The molecule has 0 amide bonds. The average molecular weight is 418 g/mol. The minimum atomic E-state index is -0.475. The molecule has 2 heterocycles. The molecule has 2 aliphatic heterocycles. The van der Waals surface area contributed by atoms with E-state index < -0.39 is 12.6 Å². The predicted molar refractivity (Wildman–Crippen MR) is 107 cm³/mol. The molecule has 0 aliphatic carbocycles. The van der Waals surface area contributed by atoms with E-state index in [2.05, 4.69) is 0 Å². The Labute approximate surface area is 175 Å². The van der Waals surface area contributed by atoms with Gasteiger partial charge in [-0.2, -0.15) is 0 Å². The molecular formula is C22H26O8. The third kappa shape index (κ3) is 3.68. The first-order valence-electron chi connectivity index (χ1n) is 9.68. The van der Waals surface area contributed by atoms with Gasteiger partial charge < -0.3 is 37.9 Å². The molecule has 8 nitrogen and oxygen atoms in total. The smallest absolute Gasteiger partial charge is 0.205 e. The van der Waals surface area contributed by atoms with E-state index in [9.17, 15) is 0 Å². The Bertz CT molecular complexity index is 799. The van der Waals surface area contributed by atoms with Crippen LogP contribution in [-0.4, -0.2) is 54.2 Å². The highest BCUT2D eigenvalue weighted by atomic mass is 16.7. The van der Waals surface area contributed by atoms with Crippen molar-refractivity contribution in [1.29, 1.82) is 0 Å². The van der Waals surface area contributed by atoms with Gasteiger partial charge in [0, 0.05) is 0 Å². The highest BCUT2D eigenvalue weighted by molar-refractivity contribution is 5.52. The second-order valence-electron chi connectivity index (χ2n) is 6.95. The molecule has 4 atom stereocenters. The van der Waals surface area contributed by atoms with Crippen LogP contribution >= 0.6 is 0 Å². The van der Waals surface area contributed by atoms with E-state index in [-0.39, 0.29) is 11.8 Å². The minimum Gasteiger partial charge on any atom is -0.493 e. The van der Waals surface area contributed by atoms with Crippen molar-refractivity contribution in [3.8, 4) is 34.5 Å². The van der Waals surface area contributed by atoms with Crippen molar-refractivity contribution in [2.45, 2.75) is 12.6 Å². The maximum absolute atomic E-state index is 6.13. The molecule has 30 heavy (non-hydrogen) atoms. The zero-order valence-corrected chi connectivity index (χ0v) is 17.5. The van der Waals surface area contributed by atoms with Gasteiger partial charge in [0.1, 0.15) is 0 Å². The topological polar surface area (TPSA) is 73.8 Å². The Morgan fingerprint density at radius 2 is 1.00 bits per heavy atom. The SMILES string of the molecule is COc1cccc(O[C@H]2OC[C@H]3[C@@H](Oc4cccc(OC)c4OC)OC[C@@H]23)c1OC. The second kappa shape index (κ2) is 8.89. The first kappa shape index (κ1) is 20.4. The molecule has 2 fully saturated rings. The number of rotatable bonds is 8. The molecule has 0 bridgehead atoms. The molecule has 4 rings (SSSR count). The zero-order valence-electron chi connectivity index (χ0n) is 17.5. The maximum atomic E-state index is 6.13. The molecule has 2 aliphatic rings. The van der Waals surface area contributed by atoms with Crippen LogP contribution in [0.2, 0.25) is 0 Å². The van der Waals surface area contributed by atoms with Crippen molar-refractivity contribution in [3.63, 3.8) is 0 Å². The van der Waals surface area contributed by atoms with Crippen LogP contribution in [0.25, 0.3) is 0 Å². The summed E-state index contributed by atoms with van der Waals surface area (Å²) in [6.45, 7) is 0.914. The van der Waals surface area contributed by atoms with Crippen molar-refractivity contribution in [3.05, 3.63) is 36.4 Å². The fourth-order valence-corrected chi connectivity index (χ4v) is 3.86. The second-order valence-corrected chi connectivity index (χ2v) is 6.95. The largest absolute Gasteiger partial charge is 0.493 e. The number of ether oxygens (including phenoxy) is 8. The van der Waals surface area contributed by atoms with Gasteiger partial charge in [-0.15, -0.1) is 0 Å². The fourth-order valence-electron chi connectivity index (χ4n) is 3.86. The summed E-state index contributed by atoms with van der Waals surface area (Å²) in [7, 11) is 6.33. The molecule has 0 spiro atoms. The molecule has 8 heteroatoms. The quantitative estimate of drug-likeness (QED) is 0.648. The molecule has 0 saturated carbocycles. The maximum Gasteiger partial charge on any atom is 0.205 e. The van der Waals surface area contributed by atoms with Crippen molar-refractivity contribution >= 4 is 0 Å². The highest BCUT2D eigenvalue weighted by Gasteiger charge is 2.50. The highest BCUT2D eigenvalue weighted by Crippen LogP contribution is 2.44. The normalized spacial score (nSPS) is 24.8. The van der Waals surface area contributed by atoms with E-state index in [1.165, 1.54) is 0 Å². The van der Waals surface area contributed by atoms with Crippen LogP contribution in [0.5, 0.6) is 34.5 Å². The molecule has 162 valence electrons. The Kier molecular flexibility index (Phi) is 6.06. The fraction of sp³-hybridized carbons (Fsp3) is 0.455. The van der Waals surface area contributed by atoms with E-state index in [0.29, 0.717) is 47.7 Å². The summed E-state index contributed by atoms with van der Waals surface area (Å²) in [6, 6.07) is 11.0. The van der Waals surface area contributed by atoms with Crippen LogP contribution in [0.4, 0.5) is 0 Å². The molecule has 0 aromatic heterocycles. The van der Waals surface area contributed by atoms with Crippen LogP contribution in [-0.2, 0) is 9.47 Å². The third-order valence-electron chi connectivity index (χ3n) is 5.37. The summed E-state index contributed by atoms with van der Waals surface area (Å²) in [4.78, 5) is 0. The van der Waals surface area contributed by atoms with Gasteiger partial charge in [-0.25, -0.2) is 0 Å². The molecule has 0 radical (unpaired) electrons. The molecular weight excluding hydrogens is 392 g/mol. The number of hydrogen-bond donors (Lipinski definition) is 0. The van der Waals surface area contributed by atoms with Gasteiger partial charge in [0.15, 0.2) is 23.0 Å². The Morgan fingerprint density at radius 3 is 1.37 bits per heavy atom. The lowest BCUT2D eigenvalue weighted by molar-refractivity contribution is -0.106. The Balaban J connectivity index is 1.47. The van der Waals surface area contributed by atoms with Crippen LogP contribution < -0.4 is 28.4 Å². The predicted octanol–water partition coefficient (Wildman–Crippen LogP) is 3.12. The van der Waals surface area contributed by atoms with Gasteiger partial charge >= 0.3 is 0 Å². The van der Waals surface area contributed by atoms with Crippen molar-refractivity contribution in [2.75, 3.05) is 41.7 Å². The third-order valence-corrected chi connectivity index (χ3v) is 5.37. The van der Waals surface area contributed by atoms with E-state index in [1.54, 1.807) is 28.4 Å². The van der Waals surface area contributed by atoms with Crippen LogP contribution in [0.1, 0.15) is 0 Å². The van der Waals surface area contributed by atoms with Crippen molar-refractivity contribution < 1.29 is 37.9 Å². The number of methoxy groups -OCH3 is 4. The van der Waals surface area contributed by atoms with Crippen molar-refractivity contribution in [1.82, 2.24) is 0 Å². The monoisotopic (exact) mass is 418 g/mol. The van der Waals surface area contributed by atoms with E-state index >= 15 is 0 Å². The summed E-state index contributed by atoms with van der Waals surface area (Å²) in [6.07, 6.45) is -0.950. The summed E-state index contributed by atoms with van der Waals surface area (Å²) < 4.78 is 45.7. The minimum absolute atomic E-state index is 0.0162. The van der Waals surface area contributed by atoms with Crippen LogP contribution in [0.3, 0.4) is 0 Å². The van der Waals surface area contributed by atoms with E-state index in [0.717, 1.165) is 0 Å². The lowest BCUT2D eigenvalue weighted by atomic mass is 9.98. The first-order valence-corrected chi connectivity index (χ1v) is 9.68. The number of hydrogen-bond acceptors (Lipinski definition) is 8. The zero-order chi connectivity index (χ0) is 21.1. The Morgan fingerprint density at radius 1 is 0.600 bits per heavy atom. The van der Waals surface area contributed by atoms with Gasteiger partial charge in [-0.05, 0) is 24.3 Å². The van der Waals surface area contributed by atoms with Crippen LogP contribution in [0, 0.1) is 11.8 Å². The molecule has 2 aromatic rings. The van der Waals surface area contributed by atoms with Gasteiger partial charge in [0.05, 0.1) is 53.5 Å². The standard InChI is InChI=1S/C22H26O8/c1-23-15-7-5-9-17(19(15)25-3)29-21-13-11-28-22(14(13)12-27-21)30-18-10-6-8-16(24-2)20(18)26-4/h5-10,13-14,21-22H,11-12H2,1-4H3/t13-,14-,21-,22-/m1/s1. The molecule has 2 saturated heterocycles. The van der Waals surface area contributed by atoms with Crippen molar-refractivity contribution in [2.24, 2.45) is 11.8 Å². The van der Waals surface area contributed by atoms with Gasteiger partial charge in [-0.1, -0.05) is 12.1 Å². The molecule has 2 aromatic carbocycles. The Hall–Kier alpha value is -2.84. The number of benzene rings is 2. The molecule has 0 N–H and O–H groups in total. The van der Waals surface area contributed by atoms with Crippen LogP contribution in [0.15, 0.2) is 36.4 Å². The summed E-state index contributed by atoms with van der Waals surface area (Å²) in [5.41, 5.74) is 0. The molecule has 0 unspecified atom stereocenters.